The van der Waals surface area contributed by atoms with Crippen molar-refractivity contribution >= 4 is 20.8 Å². The molecule has 1 aliphatic carbocycles. The molecule has 2 unspecified atom stereocenters. The molecule has 1 N–H and O–H groups in total. The maximum Gasteiger partial charge on any atom is 0.430 e. The van der Waals surface area contributed by atoms with Gasteiger partial charge >= 0.3 is 12.4 Å². The number of halogens is 7. The molecule has 0 aromatic heterocycles. The highest BCUT2D eigenvalue weighted by molar-refractivity contribution is 7.92. The molecule has 0 amide bonds. The third-order valence-corrected chi connectivity index (χ3v) is 11.9. The number of hydrogen-bond donors (Lipinski definition) is 1. The van der Waals surface area contributed by atoms with Crippen LogP contribution in [0, 0.1) is 5.82 Å². The van der Waals surface area contributed by atoms with Gasteiger partial charge in [-0.1, -0.05) is 60.7 Å². The van der Waals surface area contributed by atoms with Crippen molar-refractivity contribution in [3.8, 4) is 0 Å². The van der Waals surface area contributed by atoms with Crippen LogP contribution in [0.3, 0.4) is 0 Å². The zero-order chi connectivity index (χ0) is 34.2. The summed E-state index contributed by atoms with van der Waals surface area (Å²) >= 11 is 0. The minimum atomic E-state index is -5.95. The number of sulfone groups is 1. The summed E-state index contributed by atoms with van der Waals surface area (Å²) in [6.07, 6.45) is -10.8. The minimum Gasteiger partial charge on any atom is -0.349 e. The lowest BCUT2D eigenvalue weighted by Gasteiger charge is -2.39. The Labute approximate surface area is 265 Å². The summed E-state index contributed by atoms with van der Waals surface area (Å²) in [5, 5.41) is 0. The van der Waals surface area contributed by atoms with Crippen molar-refractivity contribution in [1.29, 1.82) is 0 Å². The SMILES string of the molecule is CC(C)(C)S(=O)NC1=CCC(c2ccc(C(OCc3ccccc3)(C(F)(F)F)C(F)(F)F)cc2)(S(=O)(=O)c2ccc(F)cc2)CC1. The fourth-order valence-electron chi connectivity index (χ4n) is 5.20. The van der Waals surface area contributed by atoms with Gasteiger partial charge in [-0.05, 0) is 75.4 Å². The van der Waals surface area contributed by atoms with E-state index in [1.165, 1.54) is 30.3 Å². The second-order valence-corrected chi connectivity index (χ2v) is 16.1. The standard InChI is InChI=1S/C32H32F7NO4S2/c1-28(2,3)45(41)40-26-17-19-29(20-18-26,46(42,43)27-15-13-25(33)14-16-27)23-9-11-24(12-10-23)30(31(34,35)36,32(37,38)39)44-21-22-7-5-4-6-8-22/h4-17,40H,18-21H2,1-3H3. The van der Waals surface area contributed by atoms with Crippen LogP contribution in [-0.2, 0) is 42.5 Å². The topological polar surface area (TPSA) is 72.5 Å². The monoisotopic (exact) mass is 691 g/mol. The van der Waals surface area contributed by atoms with E-state index >= 15 is 0 Å². The van der Waals surface area contributed by atoms with Gasteiger partial charge in [0.1, 0.15) is 21.5 Å². The van der Waals surface area contributed by atoms with Gasteiger partial charge in [-0.15, -0.1) is 0 Å². The number of ether oxygens (including phenoxy) is 1. The predicted molar refractivity (Wildman–Crippen MR) is 160 cm³/mol. The molecule has 14 heteroatoms. The summed E-state index contributed by atoms with van der Waals surface area (Å²) in [7, 11) is -5.96. The van der Waals surface area contributed by atoms with Gasteiger partial charge in [-0.3, -0.25) is 0 Å². The molecule has 2 atom stereocenters. The van der Waals surface area contributed by atoms with Crippen LogP contribution in [0.2, 0.25) is 0 Å². The van der Waals surface area contributed by atoms with Gasteiger partial charge in [-0.25, -0.2) is 17.0 Å². The first-order valence-corrected chi connectivity index (χ1v) is 16.7. The van der Waals surface area contributed by atoms with Crippen molar-refractivity contribution in [3.63, 3.8) is 0 Å². The van der Waals surface area contributed by atoms with E-state index in [9.17, 15) is 43.4 Å². The van der Waals surface area contributed by atoms with Crippen molar-refractivity contribution in [2.75, 3.05) is 0 Å². The number of hydrogen-bond acceptors (Lipinski definition) is 4. The number of alkyl halides is 6. The second-order valence-electron chi connectivity index (χ2n) is 11.9. The smallest absolute Gasteiger partial charge is 0.349 e. The zero-order valence-electron chi connectivity index (χ0n) is 25.0. The molecular formula is C32H32F7NO4S2. The molecule has 0 aliphatic heterocycles. The fourth-order valence-corrected chi connectivity index (χ4v) is 8.00. The van der Waals surface area contributed by atoms with Gasteiger partial charge in [0, 0.05) is 11.3 Å². The minimum absolute atomic E-state index is 0.0409. The average molecular weight is 692 g/mol. The summed E-state index contributed by atoms with van der Waals surface area (Å²) in [4.78, 5) is -0.285. The highest BCUT2D eigenvalue weighted by atomic mass is 32.2. The van der Waals surface area contributed by atoms with E-state index in [1.807, 2.05) is 0 Å². The van der Waals surface area contributed by atoms with Crippen molar-refractivity contribution < 1.29 is 48.1 Å². The largest absolute Gasteiger partial charge is 0.430 e. The van der Waals surface area contributed by atoms with Crippen LogP contribution in [0.1, 0.15) is 56.7 Å². The molecule has 0 bridgehead atoms. The van der Waals surface area contributed by atoms with Crippen LogP contribution in [0.15, 0.2) is 95.5 Å². The average Bonchev–Trinajstić information content (AvgIpc) is 2.97. The fraction of sp³-hybridized carbons (Fsp3) is 0.375. The summed E-state index contributed by atoms with van der Waals surface area (Å²) < 4.78 is 146. The van der Waals surface area contributed by atoms with Gasteiger partial charge < -0.3 is 9.46 Å². The Morgan fingerprint density at radius 3 is 1.89 bits per heavy atom. The third-order valence-electron chi connectivity index (χ3n) is 7.81. The first-order chi connectivity index (χ1) is 21.2. The van der Waals surface area contributed by atoms with E-state index in [-0.39, 0.29) is 35.3 Å². The van der Waals surface area contributed by atoms with Crippen LogP contribution in [0.4, 0.5) is 30.7 Å². The second kappa shape index (κ2) is 12.8. The van der Waals surface area contributed by atoms with Crippen LogP contribution >= 0.6 is 0 Å². The quantitative estimate of drug-likeness (QED) is 0.182. The van der Waals surface area contributed by atoms with E-state index in [2.05, 4.69) is 4.72 Å². The molecular weight excluding hydrogens is 659 g/mol. The van der Waals surface area contributed by atoms with E-state index in [0.29, 0.717) is 17.8 Å². The van der Waals surface area contributed by atoms with E-state index in [4.69, 9.17) is 4.74 Å². The summed E-state index contributed by atoms with van der Waals surface area (Å²) in [5.74, 6) is -0.705. The Balaban J connectivity index is 1.83. The molecule has 0 radical (unpaired) electrons. The molecule has 0 heterocycles. The maximum atomic E-state index is 14.5. The molecule has 0 saturated carbocycles. The zero-order valence-corrected chi connectivity index (χ0v) is 26.6. The van der Waals surface area contributed by atoms with Gasteiger partial charge in [0.15, 0.2) is 9.84 Å². The molecule has 250 valence electrons. The van der Waals surface area contributed by atoms with Crippen LogP contribution in [0.25, 0.3) is 0 Å². The highest BCUT2D eigenvalue weighted by Crippen LogP contribution is 2.54. The summed E-state index contributed by atoms with van der Waals surface area (Å²) in [6.45, 7) is 4.18. The van der Waals surface area contributed by atoms with Gasteiger partial charge in [0.2, 0.25) is 0 Å². The first-order valence-electron chi connectivity index (χ1n) is 14.0. The number of allylic oxidation sites excluding steroid dienone is 2. The first kappa shape index (κ1) is 35.6. The predicted octanol–water partition coefficient (Wildman–Crippen LogP) is 8.15. The Bertz CT molecular complexity index is 1670. The summed E-state index contributed by atoms with van der Waals surface area (Å²) in [6, 6.07) is 14.0. The lowest BCUT2D eigenvalue weighted by molar-refractivity contribution is -0.392. The molecule has 4 rings (SSSR count). The Morgan fingerprint density at radius 1 is 0.848 bits per heavy atom. The highest BCUT2D eigenvalue weighted by Gasteiger charge is 2.73. The van der Waals surface area contributed by atoms with Crippen LogP contribution in [-0.4, -0.2) is 29.7 Å². The van der Waals surface area contributed by atoms with Crippen molar-refractivity contribution in [3.05, 3.63) is 113 Å². The van der Waals surface area contributed by atoms with Gasteiger partial charge in [-0.2, -0.15) is 26.3 Å². The summed E-state index contributed by atoms with van der Waals surface area (Å²) in [5.41, 5.74) is -5.54. The molecule has 1 aliphatic rings. The number of rotatable bonds is 9. The third kappa shape index (κ3) is 6.75. The normalized spacial score (nSPS) is 19.0. The van der Waals surface area contributed by atoms with Crippen molar-refractivity contribution in [1.82, 2.24) is 4.72 Å². The number of benzene rings is 3. The number of nitrogens with one attached hydrogen (secondary N) is 1. The molecule has 0 spiro atoms. The van der Waals surface area contributed by atoms with Gasteiger partial charge in [0.05, 0.1) is 16.2 Å². The van der Waals surface area contributed by atoms with Crippen LogP contribution < -0.4 is 4.72 Å². The van der Waals surface area contributed by atoms with Gasteiger partial charge in [0.25, 0.3) is 5.60 Å². The molecule has 3 aromatic rings. The lowest BCUT2D eigenvalue weighted by atomic mass is 9.83. The molecule has 5 nitrogen and oxygen atoms in total. The maximum absolute atomic E-state index is 14.5. The van der Waals surface area contributed by atoms with Crippen molar-refractivity contribution in [2.45, 2.75) is 79.0 Å². The Hall–Kier alpha value is -3.23. The molecule has 46 heavy (non-hydrogen) atoms. The molecule has 0 fully saturated rings. The Kier molecular flexibility index (Phi) is 9.88. The van der Waals surface area contributed by atoms with E-state index in [0.717, 1.165) is 36.4 Å². The van der Waals surface area contributed by atoms with Crippen LogP contribution in [0.5, 0.6) is 0 Å². The van der Waals surface area contributed by atoms with E-state index < -0.39 is 66.3 Å². The van der Waals surface area contributed by atoms with E-state index in [1.54, 1.807) is 26.8 Å². The molecule has 0 saturated heterocycles. The Morgan fingerprint density at radius 2 is 1.41 bits per heavy atom. The lowest BCUT2D eigenvalue weighted by Crippen LogP contribution is -2.55. The molecule has 3 aromatic carbocycles. The van der Waals surface area contributed by atoms with Crippen molar-refractivity contribution in [2.24, 2.45) is 0 Å².